The number of aryl methyl sites for hydroxylation is 1. The standard InChI is InChI=1S/C16H22N2O3/c1-11-6-3-4-8-14(11)17-15(20)16(21)18-9-5-7-13(10-18)12(2)19/h3-4,6,8,12-13,19H,5,7,9-10H2,1-2H3,(H,17,20). The molecule has 21 heavy (non-hydrogen) atoms. The fraction of sp³-hybridized carbons (Fsp3) is 0.500. The molecule has 1 aliphatic heterocycles. The van der Waals surface area contributed by atoms with Crippen LogP contribution in [0.3, 0.4) is 0 Å². The van der Waals surface area contributed by atoms with Crippen molar-refractivity contribution in [3.63, 3.8) is 0 Å². The van der Waals surface area contributed by atoms with Gasteiger partial charge in [-0.2, -0.15) is 0 Å². The summed E-state index contributed by atoms with van der Waals surface area (Å²) in [7, 11) is 0. The van der Waals surface area contributed by atoms with Crippen LogP contribution in [0.4, 0.5) is 5.69 Å². The van der Waals surface area contributed by atoms with Gasteiger partial charge in [0, 0.05) is 24.7 Å². The van der Waals surface area contributed by atoms with Crippen LogP contribution in [0.1, 0.15) is 25.3 Å². The Labute approximate surface area is 125 Å². The summed E-state index contributed by atoms with van der Waals surface area (Å²) in [5.41, 5.74) is 1.57. The highest BCUT2D eigenvalue weighted by Crippen LogP contribution is 2.20. The topological polar surface area (TPSA) is 69.6 Å². The Morgan fingerprint density at radius 3 is 2.76 bits per heavy atom. The minimum absolute atomic E-state index is 0.0500. The number of benzene rings is 1. The molecule has 1 aliphatic rings. The molecule has 0 aromatic heterocycles. The van der Waals surface area contributed by atoms with Crippen LogP contribution in [0.25, 0.3) is 0 Å². The predicted octanol–water partition coefficient (Wildman–Crippen LogP) is 1.55. The first-order chi connectivity index (χ1) is 9.99. The highest BCUT2D eigenvalue weighted by Gasteiger charge is 2.29. The van der Waals surface area contributed by atoms with Gasteiger partial charge in [0.25, 0.3) is 0 Å². The number of carbonyl (C=O) groups excluding carboxylic acids is 2. The van der Waals surface area contributed by atoms with E-state index in [2.05, 4.69) is 5.32 Å². The van der Waals surface area contributed by atoms with Gasteiger partial charge in [0.1, 0.15) is 0 Å². The summed E-state index contributed by atoms with van der Waals surface area (Å²) in [5.74, 6) is -1.09. The fourth-order valence-corrected chi connectivity index (χ4v) is 2.62. The molecule has 1 fully saturated rings. The normalized spacial score (nSPS) is 20.0. The molecular formula is C16H22N2O3. The van der Waals surface area contributed by atoms with E-state index >= 15 is 0 Å². The first-order valence-electron chi connectivity index (χ1n) is 7.33. The molecule has 1 aromatic rings. The summed E-state index contributed by atoms with van der Waals surface area (Å²) < 4.78 is 0. The van der Waals surface area contributed by atoms with Gasteiger partial charge in [0.05, 0.1) is 6.10 Å². The zero-order chi connectivity index (χ0) is 15.4. The van der Waals surface area contributed by atoms with Crippen LogP contribution < -0.4 is 5.32 Å². The van der Waals surface area contributed by atoms with Gasteiger partial charge in [-0.15, -0.1) is 0 Å². The smallest absolute Gasteiger partial charge is 0.313 e. The van der Waals surface area contributed by atoms with Crippen LogP contribution in [-0.2, 0) is 9.59 Å². The molecule has 2 rings (SSSR count). The summed E-state index contributed by atoms with van der Waals surface area (Å²) >= 11 is 0. The summed E-state index contributed by atoms with van der Waals surface area (Å²) in [4.78, 5) is 25.8. The number of anilines is 1. The van der Waals surface area contributed by atoms with Crippen molar-refractivity contribution < 1.29 is 14.7 Å². The van der Waals surface area contributed by atoms with E-state index in [0.29, 0.717) is 18.8 Å². The van der Waals surface area contributed by atoms with Crippen molar-refractivity contribution >= 4 is 17.5 Å². The zero-order valence-corrected chi connectivity index (χ0v) is 12.5. The second-order valence-corrected chi connectivity index (χ2v) is 5.66. The van der Waals surface area contributed by atoms with Crippen LogP contribution in [0, 0.1) is 12.8 Å². The van der Waals surface area contributed by atoms with Gasteiger partial charge in [-0.25, -0.2) is 0 Å². The molecule has 0 aliphatic carbocycles. The van der Waals surface area contributed by atoms with E-state index in [1.807, 2.05) is 25.1 Å². The third kappa shape index (κ3) is 3.82. The van der Waals surface area contributed by atoms with Gasteiger partial charge in [-0.05, 0) is 38.3 Å². The van der Waals surface area contributed by atoms with E-state index in [0.717, 1.165) is 18.4 Å². The number of aliphatic hydroxyl groups is 1. The Hall–Kier alpha value is -1.88. The van der Waals surface area contributed by atoms with Gasteiger partial charge in [0.2, 0.25) is 0 Å². The lowest BCUT2D eigenvalue weighted by Gasteiger charge is -2.33. The third-order valence-corrected chi connectivity index (χ3v) is 4.01. The number of nitrogens with zero attached hydrogens (tertiary/aromatic N) is 1. The number of carbonyl (C=O) groups is 2. The Bertz CT molecular complexity index is 528. The maximum Gasteiger partial charge on any atom is 0.313 e. The molecule has 0 saturated carbocycles. The van der Waals surface area contributed by atoms with E-state index in [-0.39, 0.29) is 5.92 Å². The van der Waals surface area contributed by atoms with Crippen molar-refractivity contribution in [2.45, 2.75) is 32.8 Å². The van der Waals surface area contributed by atoms with Crippen molar-refractivity contribution in [1.29, 1.82) is 0 Å². The Morgan fingerprint density at radius 1 is 1.38 bits per heavy atom. The summed E-state index contributed by atoms with van der Waals surface area (Å²) in [6.45, 7) is 4.62. The second-order valence-electron chi connectivity index (χ2n) is 5.66. The van der Waals surface area contributed by atoms with E-state index in [4.69, 9.17) is 0 Å². The minimum atomic E-state index is -0.615. The molecule has 2 atom stereocenters. The Kier molecular flexibility index (Phi) is 4.96. The Morgan fingerprint density at radius 2 is 2.10 bits per heavy atom. The molecule has 0 spiro atoms. The van der Waals surface area contributed by atoms with E-state index in [1.54, 1.807) is 13.0 Å². The lowest BCUT2D eigenvalue weighted by Crippen LogP contribution is -2.47. The van der Waals surface area contributed by atoms with Gasteiger partial charge < -0.3 is 15.3 Å². The van der Waals surface area contributed by atoms with E-state index < -0.39 is 17.9 Å². The predicted molar refractivity (Wildman–Crippen MR) is 80.8 cm³/mol. The number of likely N-dealkylation sites (tertiary alicyclic amines) is 1. The molecule has 2 unspecified atom stereocenters. The van der Waals surface area contributed by atoms with Crippen molar-refractivity contribution in [1.82, 2.24) is 4.90 Å². The molecule has 5 heteroatoms. The quantitative estimate of drug-likeness (QED) is 0.812. The molecular weight excluding hydrogens is 268 g/mol. The summed E-state index contributed by atoms with van der Waals surface area (Å²) in [5, 5.41) is 12.3. The lowest BCUT2D eigenvalue weighted by molar-refractivity contribution is -0.144. The zero-order valence-electron chi connectivity index (χ0n) is 12.5. The monoisotopic (exact) mass is 290 g/mol. The molecule has 1 aromatic carbocycles. The van der Waals surface area contributed by atoms with E-state index in [9.17, 15) is 14.7 Å². The SMILES string of the molecule is Cc1ccccc1NC(=O)C(=O)N1CCCC(C(C)O)C1. The van der Waals surface area contributed by atoms with Crippen LogP contribution in [0.5, 0.6) is 0 Å². The first kappa shape index (κ1) is 15.5. The first-order valence-corrected chi connectivity index (χ1v) is 7.33. The summed E-state index contributed by atoms with van der Waals surface area (Å²) in [6, 6.07) is 7.35. The van der Waals surface area contributed by atoms with Gasteiger partial charge >= 0.3 is 11.8 Å². The third-order valence-electron chi connectivity index (χ3n) is 4.01. The van der Waals surface area contributed by atoms with Crippen molar-refractivity contribution in [3.05, 3.63) is 29.8 Å². The molecule has 1 saturated heterocycles. The van der Waals surface area contributed by atoms with Crippen LogP contribution in [0.15, 0.2) is 24.3 Å². The van der Waals surface area contributed by atoms with Crippen molar-refractivity contribution in [2.75, 3.05) is 18.4 Å². The number of piperidine rings is 1. The van der Waals surface area contributed by atoms with Crippen LogP contribution in [0.2, 0.25) is 0 Å². The molecule has 0 radical (unpaired) electrons. The largest absolute Gasteiger partial charge is 0.393 e. The number of para-hydroxylation sites is 1. The number of nitrogens with one attached hydrogen (secondary N) is 1. The van der Waals surface area contributed by atoms with E-state index in [1.165, 1.54) is 4.90 Å². The number of aliphatic hydroxyl groups excluding tert-OH is 1. The molecule has 114 valence electrons. The average Bonchev–Trinajstić information content (AvgIpc) is 2.49. The van der Waals surface area contributed by atoms with Crippen LogP contribution in [-0.4, -0.2) is 41.0 Å². The minimum Gasteiger partial charge on any atom is -0.393 e. The maximum absolute atomic E-state index is 12.2. The number of rotatable bonds is 2. The van der Waals surface area contributed by atoms with Gasteiger partial charge in [0.15, 0.2) is 0 Å². The van der Waals surface area contributed by atoms with Gasteiger partial charge in [-0.1, -0.05) is 18.2 Å². The molecule has 5 nitrogen and oxygen atoms in total. The maximum atomic E-state index is 12.2. The number of hydrogen-bond acceptors (Lipinski definition) is 3. The van der Waals surface area contributed by atoms with Crippen molar-refractivity contribution in [2.24, 2.45) is 5.92 Å². The molecule has 1 heterocycles. The van der Waals surface area contributed by atoms with Gasteiger partial charge in [-0.3, -0.25) is 9.59 Å². The summed E-state index contributed by atoms with van der Waals surface area (Å²) in [6.07, 6.45) is 1.25. The molecule has 0 bridgehead atoms. The lowest BCUT2D eigenvalue weighted by atomic mass is 9.93. The van der Waals surface area contributed by atoms with Crippen molar-refractivity contribution in [3.8, 4) is 0 Å². The Balaban J connectivity index is 1.99. The highest BCUT2D eigenvalue weighted by atomic mass is 16.3. The van der Waals surface area contributed by atoms with Crippen LogP contribution >= 0.6 is 0 Å². The molecule has 2 amide bonds. The average molecular weight is 290 g/mol. The highest BCUT2D eigenvalue weighted by molar-refractivity contribution is 6.39. The fourth-order valence-electron chi connectivity index (χ4n) is 2.62. The second kappa shape index (κ2) is 6.72. The number of hydrogen-bond donors (Lipinski definition) is 2. The number of amides is 2. The molecule has 2 N–H and O–H groups in total.